The second kappa shape index (κ2) is 6.08. The first-order valence-electron chi connectivity index (χ1n) is 5.89. The summed E-state index contributed by atoms with van der Waals surface area (Å²) in [5, 5.41) is 4.24. The van der Waals surface area contributed by atoms with Crippen molar-refractivity contribution in [3.05, 3.63) is 39.6 Å². The molecule has 0 atom stereocenters. The van der Waals surface area contributed by atoms with Crippen molar-refractivity contribution < 1.29 is 4.74 Å². The van der Waals surface area contributed by atoms with Crippen LogP contribution in [0.2, 0.25) is 0 Å². The van der Waals surface area contributed by atoms with Gasteiger partial charge in [0.2, 0.25) is 0 Å². The highest BCUT2D eigenvalue weighted by Crippen LogP contribution is 2.17. The number of halogens is 1. The Morgan fingerprint density at radius 3 is 2.61 bits per heavy atom. The van der Waals surface area contributed by atoms with Gasteiger partial charge in [0.25, 0.3) is 0 Å². The van der Waals surface area contributed by atoms with Gasteiger partial charge in [-0.1, -0.05) is 19.1 Å². The molecule has 0 amide bonds. The number of rotatable bonds is 5. The Labute approximate surface area is 120 Å². The van der Waals surface area contributed by atoms with Crippen molar-refractivity contribution >= 4 is 28.4 Å². The topological polar surface area (TPSA) is 53.1 Å². The summed E-state index contributed by atoms with van der Waals surface area (Å²) >= 11 is 2.18. The average Bonchev–Trinajstić information content (AvgIpc) is 2.70. The maximum Gasteiger partial charge on any atom is 0.135 e. The molecule has 5 heteroatoms. The van der Waals surface area contributed by atoms with E-state index >= 15 is 0 Å². The highest BCUT2D eigenvalue weighted by Gasteiger charge is 2.05. The zero-order valence-corrected chi connectivity index (χ0v) is 12.4. The van der Waals surface area contributed by atoms with Crippen LogP contribution < -0.4 is 10.5 Å². The van der Waals surface area contributed by atoms with E-state index in [1.165, 1.54) is 0 Å². The molecule has 0 spiro atoms. The normalized spacial score (nSPS) is 10.6. The van der Waals surface area contributed by atoms with Gasteiger partial charge in [0, 0.05) is 0 Å². The molecular weight excluding hydrogens is 341 g/mol. The number of nitrogen functional groups attached to an aromatic ring is 1. The van der Waals surface area contributed by atoms with Crippen LogP contribution in [0.1, 0.15) is 18.9 Å². The van der Waals surface area contributed by atoms with Crippen LogP contribution in [-0.4, -0.2) is 16.4 Å². The molecule has 2 aromatic rings. The molecule has 0 aliphatic carbocycles. The summed E-state index contributed by atoms with van der Waals surface area (Å²) in [4.78, 5) is 0. The number of nitrogens with zero attached hydrogens (tertiary/aromatic N) is 2. The van der Waals surface area contributed by atoms with Crippen LogP contribution in [-0.2, 0) is 6.54 Å². The first-order valence-corrected chi connectivity index (χ1v) is 6.97. The Morgan fingerprint density at radius 2 is 2.06 bits per heavy atom. The molecule has 0 fully saturated rings. The summed E-state index contributed by atoms with van der Waals surface area (Å²) in [5.41, 5.74) is 7.07. The van der Waals surface area contributed by atoms with Crippen molar-refractivity contribution in [3.8, 4) is 5.75 Å². The molecule has 0 saturated heterocycles. The predicted molar refractivity (Wildman–Crippen MR) is 80.7 cm³/mol. The summed E-state index contributed by atoms with van der Waals surface area (Å²) in [5.74, 6) is 1.62. The van der Waals surface area contributed by atoms with E-state index < -0.39 is 0 Å². The highest BCUT2D eigenvalue weighted by atomic mass is 127. The van der Waals surface area contributed by atoms with Gasteiger partial charge in [-0.25, -0.2) is 4.68 Å². The minimum atomic E-state index is 0.683. The first-order chi connectivity index (χ1) is 8.70. The fourth-order valence-corrected chi connectivity index (χ4v) is 1.98. The molecular formula is C13H16IN3O. The van der Waals surface area contributed by atoms with Crippen LogP contribution in [0.25, 0.3) is 0 Å². The second-order valence-corrected chi connectivity index (χ2v) is 5.19. The summed E-state index contributed by atoms with van der Waals surface area (Å²) < 4.78 is 8.32. The van der Waals surface area contributed by atoms with E-state index in [4.69, 9.17) is 10.5 Å². The van der Waals surface area contributed by atoms with Crippen LogP contribution in [0.5, 0.6) is 5.75 Å². The lowest BCUT2D eigenvalue weighted by Gasteiger charge is -2.07. The van der Waals surface area contributed by atoms with Gasteiger partial charge in [-0.05, 0) is 46.7 Å². The van der Waals surface area contributed by atoms with Crippen molar-refractivity contribution in [1.29, 1.82) is 0 Å². The molecule has 2 rings (SSSR count). The Balaban J connectivity index is 2.04. The van der Waals surface area contributed by atoms with E-state index in [0.717, 1.165) is 27.9 Å². The maximum absolute atomic E-state index is 5.91. The fourth-order valence-electron chi connectivity index (χ4n) is 1.58. The van der Waals surface area contributed by atoms with Gasteiger partial charge in [0.1, 0.15) is 11.6 Å². The van der Waals surface area contributed by atoms with Crippen molar-refractivity contribution in [1.82, 2.24) is 9.78 Å². The van der Waals surface area contributed by atoms with Crippen LogP contribution >= 0.6 is 22.6 Å². The molecule has 0 saturated carbocycles. The average molecular weight is 357 g/mol. The Morgan fingerprint density at radius 1 is 1.33 bits per heavy atom. The summed E-state index contributed by atoms with van der Waals surface area (Å²) in [6.45, 7) is 3.53. The molecule has 1 aromatic carbocycles. The van der Waals surface area contributed by atoms with Gasteiger partial charge in [-0.3, -0.25) is 0 Å². The standard InChI is InChI=1S/C13H16IN3O/c1-2-7-18-11-5-3-10(4-6-11)9-17-13(15)12(14)8-16-17/h3-6,8H,2,7,9,15H2,1H3. The van der Waals surface area contributed by atoms with Crippen molar-refractivity contribution in [2.24, 2.45) is 0 Å². The zero-order chi connectivity index (χ0) is 13.0. The number of anilines is 1. The van der Waals surface area contributed by atoms with Gasteiger partial charge < -0.3 is 10.5 Å². The van der Waals surface area contributed by atoms with E-state index in [0.29, 0.717) is 12.4 Å². The highest BCUT2D eigenvalue weighted by molar-refractivity contribution is 14.1. The molecule has 0 aliphatic heterocycles. The third kappa shape index (κ3) is 3.16. The largest absolute Gasteiger partial charge is 0.494 e. The molecule has 2 N–H and O–H groups in total. The molecule has 0 aliphatic rings. The van der Waals surface area contributed by atoms with E-state index in [9.17, 15) is 0 Å². The zero-order valence-electron chi connectivity index (χ0n) is 10.3. The lowest BCUT2D eigenvalue weighted by Crippen LogP contribution is -2.06. The molecule has 1 heterocycles. The van der Waals surface area contributed by atoms with Gasteiger partial charge in [-0.2, -0.15) is 5.10 Å². The van der Waals surface area contributed by atoms with E-state index in [-0.39, 0.29) is 0 Å². The number of ether oxygens (including phenoxy) is 1. The van der Waals surface area contributed by atoms with Gasteiger partial charge >= 0.3 is 0 Å². The predicted octanol–water partition coefficient (Wildman–Crippen LogP) is 2.91. The van der Waals surface area contributed by atoms with Gasteiger partial charge in [0.15, 0.2) is 0 Å². The number of benzene rings is 1. The first kappa shape index (κ1) is 13.2. The van der Waals surface area contributed by atoms with Crippen molar-refractivity contribution in [2.45, 2.75) is 19.9 Å². The molecule has 0 unspecified atom stereocenters. The van der Waals surface area contributed by atoms with E-state index in [1.54, 1.807) is 10.9 Å². The molecule has 1 aromatic heterocycles. The van der Waals surface area contributed by atoms with Gasteiger partial charge in [-0.15, -0.1) is 0 Å². The van der Waals surface area contributed by atoms with Crippen LogP contribution in [0.4, 0.5) is 5.82 Å². The fraction of sp³-hybridized carbons (Fsp3) is 0.308. The summed E-state index contributed by atoms with van der Waals surface area (Å²) in [6.07, 6.45) is 2.79. The third-order valence-corrected chi connectivity index (χ3v) is 3.39. The minimum absolute atomic E-state index is 0.683. The van der Waals surface area contributed by atoms with Crippen molar-refractivity contribution in [3.63, 3.8) is 0 Å². The molecule has 18 heavy (non-hydrogen) atoms. The Kier molecular flexibility index (Phi) is 4.46. The monoisotopic (exact) mass is 357 g/mol. The van der Waals surface area contributed by atoms with Crippen molar-refractivity contribution in [2.75, 3.05) is 12.3 Å². The third-order valence-electron chi connectivity index (χ3n) is 2.56. The maximum atomic E-state index is 5.91. The SMILES string of the molecule is CCCOc1ccc(Cn2ncc(I)c2N)cc1. The molecule has 96 valence electrons. The molecule has 4 nitrogen and oxygen atoms in total. The quantitative estimate of drug-likeness (QED) is 0.838. The Hall–Kier alpha value is -1.24. The smallest absolute Gasteiger partial charge is 0.135 e. The lowest BCUT2D eigenvalue weighted by atomic mass is 10.2. The summed E-state index contributed by atoms with van der Waals surface area (Å²) in [6, 6.07) is 8.04. The number of hydrogen-bond acceptors (Lipinski definition) is 3. The number of nitrogens with two attached hydrogens (primary N) is 1. The minimum Gasteiger partial charge on any atom is -0.494 e. The van der Waals surface area contributed by atoms with Gasteiger partial charge in [0.05, 0.1) is 22.9 Å². The molecule has 0 bridgehead atoms. The number of hydrogen-bond donors (Lipinski definition) is 1. The lowest BCUT2D eigenvalue weighted by molar-refractivity contribution is 0.317. The van der Waals surface area contributed by atoms with Crippen LogP contribution in [0.3, 0.4) is 0 Å². The number of aromatic nitrogens is 2. The molecule has 0 radical (unpaired) electrons. The van der Waals surface area contributed by atoms with Crippen LogP contribution in [0.15, 0.2) is 30.5 Å². The van der Waals surface area contributed by atoms with Crippen LogP contribution in [0, 0.1) is 3.57 Å². The summed E-state index contributed by atoms with van der Waals surface area (Å²) in [7, 11) is 0. The van der Waals surface area contributed by atoms with E-state index in [2.05, 4.69) is 34.6 Å². The van der Waals surface area contributed by atoms with E-state index in [1.807, 2.05) is 24.3 Å². The second-order valence-electron chi connectivity index (χ2n) is 4.03. The Bertz CT molecular complexity index is 507.